The molecule has 7 nitrogen and oxygen atoms in total. The molecule has 0 fully saturated rings. The van der Waals surface area contributed by atoms with Crippen LogP contribution in [-0.4, -0.2) is 33.7 Å². The summed E-state index contributed by atoms with van der Waals surface area (Å²) in [6.07, 6.45) is -4.60. The number of nitrogens with one attached hydrogen (secondary N) is 1. The van der Waals surface area contributed by atoms with E-state index < -0.39 is 46.8 Å². The van der Waals surface area contributed by atoms with E-state index in [2.05, 4.69) is 5.32 Å². The Morgan fingerprint density at radius 3 is 2.16 bits per heavy atom. The number of nitrogen functional groups attached to an aromatic ring is 1. The van der Waals surface area contributed by atoms with Crippen molar-refractivity contribution in [3.05, 3.63) is 62.3 Å². The molecule has 2 aromatic rings. The molecule has 10 heteroatoms. The molecule has 0 bridgehead atoms. The van der Waals surface area contributed by atoms with E-state index in [9.17, 15) is 27.6 Å². The van der Waals surface area contributed by atoms with Crippen molar-refractivity contribution in [3.8, 4) is 0 Å². The molecule has 1 heterocycles. The zero-order chi connectivity index (χ0) is 23.6. The second-order valence-corrected chi connectivity index (χ2v) is 8.31. The second-order valence-electron chi connectivity index (χ2n) is 8.31. The van der Waals surface area contributed by atoms with Crippen LogP contribution in [0.4, 0.5) is 19.0 Å². The minimum Gasteiger partial charge on any atom is -0.384 e. The average molecular weight is 440 g/mol. The van der Waals surface area contributed by atoms with Crippen LogP contribution in [-0.2, 0) is 13.1 Å². The quantitative estimate of drug-likeness (QED) is 0.645. The van der Waals surface area contributed by atoms with Crippen LogP contribution in [0.3, 0.4) is 0 Å². The number of hydrogen-bond acceptors (Lipinski definition) is 5. The van der Waals surface area contributed by atoms with Gasteiger partial charge >= 0.3 is 11.9 Å². The van der Waals surface area contributed by atoms with Crippen molar-refractivity contribution in [2.24, 2.45) is 5.41 Å². The standard InChI is InChI=1S/C21H27F3N4O3/c1-5-27-17(30)15(14(29)11-26-18(20(2,3)4)21(22,23)24)16(25)28(19(27)31)12-13-9-7-6-8-10-13/h6-10,18,26H,5,11-12,25H2,1-4H3/t18-/m0/s1. The second kappa shape index (κ2) is 9.09. The van der Waals surface area contributed by atoms with Gasteiger partial charge in [0, 0.05) is 6.54 Å². The molecule has 0 aliphatic heterocycles. The first-order valence-corrected chi connectivity index (χ1v) is 9.79. The van der Waals surface area contributed by atoms with Gasteiger partial charge in [-0.15, -0.1) is 0 Å². The molecular formula is C21H27F3N4O3. The lowest BCUT2D eigenvalue weighted by atomic mass is 9.86. The highest BCUT2D eigenvalue weighted by atomic mass is 19.4. The van der Waals surface area contributed by atoms with Crippen LogP contribution < -0.4 is 22.3 Å². The van der Waals surface area contributed by atoms with E-state index in [1.807, 2.05) is 0 Å². The predicted molar refractivity (Wildman–Crippen MR) is 112 cm³/mol. The number of hydrogen-bond donors (Lipinski definition) is 2. The Bertz CT molecular complexity index is 1040. The summed E-state index contributed by atoms with van der Waals surface area (Å²) in [4.78, 5) is 38.2. The first-order chi connectivity index (χ1) is 14.3. The van der Waals surface area contributed by atoms with Crippen molar-refractivity contribution in [1.82, 2.24) is 14.5 Å². The summed E-state index contributed by atoms with van der Waals surface area (Å²) >= 11 is 0. The zero-order valence-electron chi connectivity index (χ0n) is 17.9. The number of benzene rings is 1. The summed E-state index contributed by atoms with van der Waals surface area (Å²) in [7, 11) is 0. The molecular weight excluding hydrogens is 413 g/mol. The molecule has 0 saturated heterocycles. The van der Waals surface area contributed by atoms with E-state index >= 15 is 0 Å². The highest BCUT2D eigenvalue weighted by molar-refractivity contribution is 6.01. The number of aromatic nitrogens is 2. The molecule has 0 amide bonds. The maximum absolute atomic E-state index is 13.4. The van der Waals surface area contributed by atoms with E-state index in [1.165, 1.54) is 20.8 Å². The van der Waals surface area contributed by atoms with Crippen LogP contribution in [0.2, 0.25) is 0 Å². The number of halogens is 3. The number of Topliss-reactive ketones (excluding diaryl/α,β-unsaturated/α-hetero) is 1. The van der Waals surface area contributed by atoms with E-state index in [4.69, 9.17) is 5.73 Å². The highest BCUT2D eigenvalue weighted by Crippen LogP contribution is 2.33. The Balaban J connectivity index is 2.48. The summed E-state index contributed by atoms with van der Waals surface area (Å²) in [6.45, 7) is 4.95. The third-order valence-corrected chi connectivity index (χ3v) is 4.91. The van der Waals surface area contributed by atoms with Gasteiger partial charge in [-0.25, -0.2) is 4.79 Å². The predicted octanol–water partition coefficient (Wildman–Crippen LogP) is 2.41. The SMILES string of the molecule is CCn1c(=O)c(C(=O)CN[C@@H](C(C)(C)C)C(F)(F)F)c(N)n(Cc2ccccc2)c1=O. The number of alkyl halides is 3. The Kier molecular flexibility index (Phi) is 7.15. The van der Waals surface area contributed by atoms with Gasteiger partial charge in [-0.05, 0) is 17.9 Å². The summed E-state index contributed by atoms with van der Waals surface area (Å²) < 4.78 is 42.1. The van der Waals surface area contributed by atoms with E-state index in [0.29, 0.717) is 5.56 Å². The lowest BCUT2D eigenvalue weighted by Gasteiger charge is -2.33. The van der Waals surface area contributed by atoms with Gasteiger partial charge in [0.05, 0.1) is 13.1 Å². The van der Waals surface area contributed by atoms with Gasteiger partial charge < -0.3 is 5.73 Å². The lowest BCUT2D eigenvalue weighted by Crippen LogP contribution is -2.53. The van der Waals surface area contributed by atoms with Crippen LogP contribution in [0.1, 0.15) is 43.6 Å². The fourth-order valence-electron chi connectivity index (χ4n) is 3.37. The Morgan fingerprint density at radius 2 is 1.68 bits per heavy atom. The normalized spacial score (nSPS) is 13.3. The highest BCUT2D eigenvalue weighted by Gasteiger charge is 2.46. The molecule has 0 aliphatic rings. The van der Waals surface area contributed by atoms with Crippen LogP contribution >= 0.6 is 0 Å². The van der Waals surface area contributed by atoms with Crippen molar-refractivity contribution < 1.29 is 18.0 Å². The van der Waals surface area contributed by atoms with Gasteiger partial charge in [0.2, 0.25) is 0 Å². The van der Waals surface area contributed by atoms with Crippen LogP contribution in [0.5, 0.6) is 0 Å². The lowest BCUT2D eigenvalue weighted by molar-refractivity contribution is -0.176. The Labute approximate surface area is 177 Å². The van der Waals surface area contributed by atoms with Gasteiger partial charge in [0.15, 0.2) is 5.78 Å². The minimum atomic E-state index is -4.60. The summed E-state index contributed by atoms with van der Waals surface area (Å²) in [5.41, 5.74) is 3.39. The largest absolute Gasteiger partial charge is 0.404 e. The van der Waals surface area contributed by atoms with Gasteiger partial charge in [0.1, 0.15) is 17.4 Å². The summed E-state index contributed by atoms with van der Waals surface area (Å²) in [5, 5.41) is 2.21. The fraction of sp³-hybridized carbons (Fsp3) is 0.476. The first-order valence-electron chi connectivity index (χ1n) is 9.79. The van der Waals surface area contributed by atoms with Crippen LogP contribution in [0, 0.1) is 5.41 Å². The number of ketones is 1. The van der Waals surface area contributed by atoms with E-state index in [-0.39, 0.29) is 18.9 Å². The maximum Gasteiger partial charge on any atom is 0.404 e. The Hall–Kier alpha value is -2.88. The smallest absolute Gasteiger partial charge is 0.384 e. The summed E-state index contributed by atoms with van der Waals surface area (Å²) in [6, 6.07) is 6.81. The number of anilines is 1. The molecule has 3 N–H and O–H groups in total. The molecule has 0 spiro atoms. The van der Waals surface area contributed by atoms with Crippen molar-refractivity contribution in [3.63, 3.8) is 0 Å². The topological polar surface area (TPSA) is 99.1 Å². The van der Waals surface area contributed by atoms with Crippen LogP contribution in [0.25, 0.3) is 0 Å². The van der Waals surface area contributed by atoms with E-state index in [1.54, 1.807) is 37.3 Å². The van der Waals surface area contributed by atoms with Gasteiger partial charge in [-0.3, -0.25) is 24.0 Å². The average Bonchev–Trinajstić information content (AvgIpc) is 2.64. The molecule has 1 aromatic heterocycles. The number of nitrogens with zero attached hydrogens (tertiary/aromatic N) is 2. The van der Waals surface area contributed by atoms with Crippen molar-refractivity contribution >= 4 is 11.6 Å². The molecule has 0 saturated carbocycles. The van der Waals surface area contributed by atoms with Crippen molar-refractivity contribution in [1.29, 1.82) is 0 Å². The third-order valence-electron chi connectivity index (χ3n) is 4.91. The van der Waals surface area contributed by atoms with Crippen molar-refractivity contribution in [2.45, 2.75) is 53.0 Å². The fourth-order valence-corrected chi connectivity index (χ4v) is 3.37. The maximum atomic E-state index is 13.4. The van der Waals surface area contributed by atoms with Gasteiger partial charge in [-0.1, -0.05) is 51.1 Å². The number of rotatable bonds is 7. The molecule has 2 rings (SSSR count). The number of carbonyl (C=O) groups excluding carboxylic acids is 1. The molecule has 31 heavy (non-hydrogen) atoms. The third kappa shape index (κ3) is 5.43. The molecule has 0 radical (unpaired) electrons. The van der Waals surface area contributed by atoms with Gasteiger partial charge in [-0.2, -0.15) is 13.2 Å². The molecule has 0 aliphatic carbocycles. The molecule has 1 atom stereocenters. The van der Waals surface area contributed by atoms with Gasteiger partial charge in [0.25, 0.3) is 5.56 Å². The molecule has 1 aromatic carbocycles. The zero-order valence-corrected chi connectivity index (χ0v) is 17.9. The Morgan fingerprint density at radius 1 is 1.10 bits per heavy atom. The number of carbonyl (C=O) groups is 1. The van der Waals surface area contributed by atoms with Crippen LogP contribution in [0.15, 0.2) is 39.9 Å². The minimum absolute atomic E-state index is 0.00661. The van der Waals surface area contributed by atoms with E-state index in [0.717, 1.165) is 9.13 Å². The first kappa shape index (κ1) is 24.4. The molecule has 170 valence electrons. The summed E-state index contributed by atoms with van der Waals surface area (Å²) in [5.74, 6) is -1.28. The number of nitrogens with two attached hydrogens (primary N) is 1. The monoisotopic (exact) mass is 440 g/mol. The van der Waals surface area contributed by atoms with Crippen molar-refractivity contribution in [2.75, 3.05) is 12.3 Å². The molecule has 0 unspecified atom stereocenters.